The number of nitrogens with one attached hydrogen (secondary N) is 2. The second kappa shape index (κ2) is 8.03. The van der Waals surface area contributed by atoms with Gasteiger partial charge in [-0.2, -0.15) is 0 Å². The van der Waals surface area contributed by atoms with Gasteiger partial charge in [0.1, 0.15) is 5.69 Å². The van der Waals surface area contributed by atoms with Crippen molar-refractivity contribution in [2.45, 2.75) is 13.8 Å². The third-order valence-corrected chi connectivity index (χ3v) is 4.97. The van der Waals surface area contributed by atoms with Crippen molar-refractivity contribution in [3.05, 3.63) is 63.8 Å². The van der Waals surface area contributed by atoms with Crippen LogP contribution in [0.25, 0.3) is 10.9 Å². The molecule has 140 valence electrons. The fourth-order valence-corrected chi connectivity index (χ4v) is 3.37. The molecule has 0 aliphatic carbocycles. The zero-order chi connectivity index (χ0) is 19.6. The maximum atomic E-state index is 12.7. The summed E-state index contributed by atoms with van der Waals surface area (Å²) in [7, 11) is 0. The van der Waals surface area contributed by atoms with Gasteiger partial charge in [0.25, 0.3) is 11.8 Å². The number of aromatic amines is 1. The second-order valence-corrected chi connectivity index (χ2v) is 6.83. The Hall–Kier alpha value is -2.50. The molecule has 1 aromatic heterocycles. The number of H-pyrrole nitrogens is 1. The summed E-state index contributed by atoms with van der Waals surface area (Å²) >= 11 is 12.3. The summed E-state index contributed by atoms with van der Waals surface area (Å²) < 4.78 is 0. The first kappa shape index (κ1) is 19.3. The molecule has 1 heterocycles. The Morgan fingerprint density at radius 2 is 1.81 bits per heavy atom. The number of amides is 2. The second-order valence-electron chi connectivity index (χ2n) is 6.02. The minimum atomic E-state index is -0.389. The van der Waals surface area contributed by atoms with Gasteiger partial charge in [-0.1, -0.05) is 29.3 Å². The highest BCUT2D eigenvalue weighted by Crippen LogP contribution is 2.30. The molecule has 0 saturated heterocycles. The molecular formula is C20H19Cl2N3O2. The SMILES string of the molecule is CCN(CC)C(=O)c1cccc(NC(=O)c2[nH]c3ccc(Cl)cc3c2Cl)c1. The number of hydrogen-bond acceptors (Lipinski definition) is 2. The number of anilines is 1. The quantitative estimate of drug-likeness (QED) is 0.613. The van der Waals surface area contributed by atoms with Gasteiger partial charge in [0.05, 0.1) is 5.02 Å². The fraction of sp³-hybridized carbons (Fsp3) is 0.200. The van der Waals surface area contributed by atoms with E-state index in [0.717, 1.165) is 5.52 Å². The number of fused-ring (bicyclic) bond motifs is 1. The van der Waals surface area contributed by atoms with E-state index in [4.69, 9.17) is 23.2 Å². The highest BCUT2D eigenvalue weighted by Gasteiger charge is 2.18. The van der Waals surface area contributed by atoms with Crippen molar-refractivity contribution in [3.63, 3.8) is 0 Å². The summed E-state index contributed by atoms with van der Waals surface area (Å²) in [5, 5.41) is 4.31. The number of benzene rings is 2. The number of carbonyl (C=O) groups excluding carboxylic acids is 2. The maximum absolute atomic E-state index is 12.7. The summed E-state index contributed by atoms with van der Waals surface area (Å²) in [6, 6.07) is 12.0. The lowest BCUT2D eigenvalue weighted by Crippen LogP contribution is -2.30. The van der Waals surface area contributed by atoms with Crippen LogP contribution < -0.4 is 5.32 Å². The molecule has 5 nitrogen and oxygen atoms in total. The van der Waals surface area contributed by atoms with E-state index >= 15 is 0 Å². The lowest BCUT2D eigenvalue weighted by Gasteiger charge is -2.19. The molecule has 0 aliphatic rings. The largest absolute Gasteiger partial charge is 0.349 e. The first-order chi connectivity index (χ1) is 12.9. The number of hydrogen-bond donors (Lipinski definition) is 2. The van der Waals surface area contributed by atoms with Crippen LogP contribution in [-0.4, -0.2) is 34.8 Å². The smallest absolute Gasteiger partial charge is 0.273 e. The van der Waals surface area contributed by atoms with Gasteiger partial charge in [0.2, 0.25) is 0 Å². The van der Waals surface area contributed by atoms with Crippen LogP contribution in [0.15, 0.2) is 42.5 Å². The van der Waals surface area contributed by atoms with Crippen molar-refractivity contribution >= 4 is 51.6 Å². The molecule has 3 rings (SSSR count). The van der Waals surface area contributed by atoms with Crippen molar-refractivity contribution in [2.24, 2.45) is 0 Å². The fourth-order valence-electron chi connectivity index (χ4n) is 2.90. The average Bonchev–Trinajstić information content (AvgIpc) is 2.99. The Morgan fingerprint density at radius 1 is 1.07 bits per heavy atom. The number of carbonyl (C=O) groups is 2. The molecular weight excluding hydrogens is 385 g/mol. The van der Waals surface area contributed by atoms with Crippen LogP contribution in [0.1, 0.15) is 34.7 Å². The highest BCUT2D eigenvalue weighted by atomic mass is 35.5. The van der Waals surface area contributed by atoms with Gasteiger partial charge < -0.3 is 15.2 Å². The number of rotatable bonds is 5. The molecule has 0 radical (unpaired) electrons. The van der Waals surface area contributed by atoms with Crippen molar-refractivity contribution in [3.8, 4) is 0 Å². The molecule has 0 atom stereocenters. The van der Waals surface area contributed by atoms with Crippen molar-refractivity contribution < 1.29 is 9.59 Å². The maximum Gasteiger partial charge on any atom is 0.273 e. The molecule has 0 spiro atoms. The molecule has 2 amide bonds. The number of aromatic nitrogens is 1. The molecule has 0 bridgehead atoms. The van der Waals surface area contributed by atoms with Crippen LogP contribution in [-0.2, 0) is 0 Å². The van der Waals surface area contributed by atoms with E-state index in [2.05, 4.69) is 10.3 Å². The van der Waals surface area contributed by atoms with E-state index in [1.54, 1.807) is 47.4 Å². The van der Waals surface area contributed by atoms with Crippen LogP contribution in [0.4, 0.5) is 5.69 Å². The van der Waals surface area contributed by atoms with Gasteiger partial charge in [-0.25, -0.2) is 0 Å². The zero-order valence-electron chi connectivity index (χ0n) is 15.0. The van der Waals surface area contributed by atoms with Crippen molar-refractivity contribution in [1.82, 2.24) is 9.88 Å². The molecule has 2 N–H and O–H groups in total. The van der Waals surface area contributed by atoms with Crippen molar-refractivity contribution in [1.29, 1.82) is 0 Å². The molecule has 7 heteroatoms. The monoisotopic (exact) mass is 403 g/mol. The Balaban J connectivity index is 1.86. The third kappa shape index (κ3) is 3.94. The molecule has 3 aromatic rings. The predicted molar refractivity (Wildman–Crippen MR) is 110 cm³/mol. The Morgan fingerprint density at radius 3 is 2.52 bits per heavy atom. The van der Waals surface area contributed by atoms with Crippen LogP contribution in [0, 0.1) is 0 Å². The van der Waals surface area contributed by atoms with E-state index in [0.29, 0.717) is 39.8 Å². The zero-order valence-corrected chi connectivity index (χ0v) is 16.5. The standard InChI is InChI=1S/C20H19Cl2N3O2/c1-3-25(4-2)20(27)12-6-5-7-14(10-12)23-19(26)18-17(22)15-11-13(21)8-9-16(15)24-18/h5-11,24H,3-4H2,1-2H3,(H,23,26). The molecule has 27 heavy (non-hydrogen) atoms. The molecule has 0 saturated carbocycles. The molecule has 0 unspecified atom stereocenters. The normalized spacial score (nSPS) is 10.8. The molecule has 0 fully saturated rings. The lowest BCUT2D eigenvalue weighted by atomic mass is 10.1. The van der Waals surface area contributed by atoms with Crippen molar-refractivity contribution in [2.75, 3.05) is 18.4 Å². The van der Waals surface area contributed by atoms with E-state index in [1.807, 2.05) is 13.8 Å². The predicted octanol–water partition coefficient (Wildman–Crippen LogP) is 5.21. The third-order valence-electron chi connectivity index (χ3n) is 4.34. The summed E-state index contributed by atoms with van der Waals surface area (Å²) in [6.07, 6.45) is 0. The number of nitrogens with zero attached hydrogens (tertiary/aromatic N) is 1. The van der Waals surface area contributed by atoms with Gasteiger partial charge in [0, 0.05) is 40.3 Å². The first-order valence-electron chi connectivity index (χ1n) is 8.62. The van der Waals surface area contributed by atoms with E-state index in [9.17, 15) is 9.59 Å². The summed E-state index contributed by atoms with van der Waals surface area (Å²) in [5.74, 6) is -0.464. The summed E-state index contributed by atoms with van der Waals surface area (Å²) in [5.41, 5.74) is 2.01. The highest BCUT2D eigenvalue weighted by molar-refractivity contribution is 6.40. The summed E-state index contributed by atoms with van der Waals surface area (Å²) in [6.45, 7) is 5.10. The van der Waals surface area contributed by atoms with Gasteiger partial charge in [-0.3, -0.25) is 9.59 Å². The van der Waals surface area contributed by atoms with Gasteiger partial charge >= 0.3 is 0 Å². The van der Waals surface area contributed by atoms with Gasteiger partial charge in [-0.15, -0.1) is 0 Å². The lowest BCUT2D eigenvalue weighted by molar-refractivity contribution is 0.0772. The molecule has 0 aliphatic heterocycles. The Kier molecular flexibility index (Phi) is 5.73. The van der Waals surface area contributed by atoms with E-state index in [-0.39, 0.29) is 17.5 Å². The minimum absolute atomic E-state index is 0.0746. The molecule has 2 aromatic carbocycles. The van der Waals surface area contributed by atoms with Crippen LogP contribution in [0.3, 0.4) is 0 Å². The first-order valence-corrected chi connectivity index (χ1v) is 9.37. The van der Waals surface area contributed by atoms with E-state index in [1.165, 1.54) is 0 Å². The topological polar surface area (TPSA) is 65.2 Å². The van der Waals surface area contributed by atoms with Crippen LogP contribution >= 0.6 is 23.2 Å². The Bertz CT molecular complexity index is 1010. The van der Waals surface area contributed by atoms with Crippen LogP contribution in [0.2, 0.25) is 10.0 Å². The average molecular weight is 404 g/mol. The van der Waals surface area contributed by atoms with Gasteiger partial charge in [0.15, 0.2) is 0 Å². The Labute approximate surface area is 167 Å². The summed E-state index contributed by atoms with van der Waals surface area (Å²) in [4.78, 5) is 29.9. The van der Waals surface area contributed by atoms with Crippen LogP contribution in [0.5, 0.6) is 0 Å². The van der Waals surface area contributed by atoms with E-state index < -0.39 is 0 Å². The number of halogens is 2. The van der Waals surface area contributed by atoms with Gasteiger partial charge in [-0.05, 0) is 50.2 Å². The minimum Gasteiger partial charge on any atom is -0.349 e.